The van der Waals surface area contributed by atoms with Gasteiger partial charge in [0.05, 0.1) is 25.9 Å². The number of carbonyl (C=O) groups excluding carboxylic acids is 3. The van der Waals surface area contributed by atoms with Crippen molar-refractivity contribution in [2.45, 2.75) is 13.8 Å². The Morgan fingerprint density at radius 2 is 1.39 bits per heavy atom. The van der Waals surface area contributed by atoms with E-state index < -0.39 is 17.7 Å². The number of methoxy groups -OCH3 is 1. The van der Waals surface area contributed by atoms with Gasteiger partial charge in [-0.2, -0.15) is 0 Å². The average Bonchev–Trinajstić information content (AvgIpc) is 2.88. The zero-order valence-electron chi connectivity index (χ0n) is 20.0. The first kappa shape index (κ1) is 26.4. The molecule has 0 unspecified atom stereocenters. The van der Waals surface area contributed by atoms with E-state index in [0.717, 1.165) is 0 Å². The number of halogens is 1. The van der Waals surface area contributed by atoms with E-state index in [0.29, 0.717) is 41.2 Å². The van der Waals surface area contributed by atoms with Crippen LogP contribution in [0.15, 0.2) is 60.7 Å². The second kappa shape index (κ2) is 12.5. The maximum Gasteiger partial charge on any atom is 0.269 e. The van der Waals surface area contributed by atoms with Crippen LogP contribution >= 0.6 is 11.6 Å². The Bertz CT molecular complexity index is 1260. The Morgan fingerprint density at radius 3 is 2.06 bits per heavy atom. The summed E-state index contributed by atoms with van der Waals surface area (Å²) in [6, 6.07) is 15.7. The molecule has 0 saturated carbocycles. The molecule has 0 atom stereocenters. The van der Waals surface area contributed by atoms with E-state index >= 15 is 0 Å². The van der Waals surface area contributed by atoms with Crippen LogP contribution in [0.2, 0.25) is 5.02 Å². The van der Waals surface area contributed by atoms with E-state index in [2.05, 4.69) is 16.2 Å². The Balaban J connectivity index is 1.66. The van der Waals surface area contributed by atoms with Crippen molar-refractivity contribution in [3.8, 4) is 17.2 Å². The minimum absolute atomic E-state index is 0.216. The van der Waals surface area contributed by atoms with Crippen molar-refractivity contribution < 1.29 is 28.6 Å². The lowest BCUT2D eigenvalue weighted by Crippen LogP contribution is -2.41. The van der Waals surface area contributed by atoms with E-state index in [1.165, 1.54) is 25.3 Å². The molecule has 3 aromatic carbocycles. The van der Waals surface area contributed by atoms with Gasteiger partial charge in [-0.3, -0.25) is 25.2 Å². The summed E-state index contributed by atoms with van der Waals surface area (Å²) in [6.07, 6.45) is 0. The van der Waals surface area contributed by atoms with Crippen molar-refractivity contribution in [3.05, 3.63) is 82.4 Å². The van der Waals surface area contributed by atoms with Crippen LogP contribution in [0, 0.1) is 0 Å². The summed E-state index contributed by atoms with van der Waals surface area (Å²) in [6.45, 7) is 4.53. The van der Waals surface area contributed by atoms with Crippen LogP contribution in [0.4, 0.5) is 5.69 Å². The molecule has 3 aromatic rings. The van der Waals surface area contributed by atoms with Crippen molar-refractivity contribution in [2.24, 2.45) is 0 Å². The number of nitrogens with one attached hydrogen (secondary N) is 3. The Labute approximate surface area is 213 Å². The molecule has 0 spiro atoms. The highest BCUT2D eigenvalue weighted by Gasteiger charge is 2.16. The third kappa shape index (κ3) is 6.67. The van der Waals surface area contributed by atoms with Gasteiger partial charge in [-0.05, 0) is 68.4 Å². The molecule has 0 saturated heterocycles. The first-order valence-electron chi connectivity index (χ1n) is 11.1. The van der Waals surface area contributed by atoms with Gasteiger partial charge in [-0.1, -0.05) is 17.7 Å². The third-order valence-corrected chi connectivity index (χ3v) is 5.12. The lowest BCUT2D eigenvalue weighted by Gasteiger charge is -2.13. The molecule has 188 valence electrons. The molecule has 36 heavy (non-hydrogen) atoms. The molecule has 0 aliphatic rings. The highest BCUT2D eigenvalue weighted by molar-refractivity contribution is 6.31. The first-order valence-corrected chi connectivity index (χ1v) is 11.5. The van der Waals surface area contributed by atoms with E-state index in [9.17, 15) is 14.4 Å². The highest BCUT2D eigenvalue weighted by atomic mass is 35.5. The summed E-state index contributed by atoms with van der Waals surface area (Å²) in [5.41, 5.74) is 5.84. The van der Waals surface area contributed by atoms with Gasteiger partial charge < -0.3 is 19.5 Å². The summed E-state index contributed by atoms with van der Waals surface area (Å²) in [4.78, 5) is 37.9. The number of rotatable bonds is 9. The van der Waals surface area contributed by atoms with Crippen molar-refractivity contribution >= 4 is 35.0 Å². The lowest BCUT2D eigenvalue weighted by atomic mass is 10.1. The summed E-state index contributed by atoms with van der Waals surface area (Å²) < 4.78 is 16.2. The van der Waals surface area contributed by atoms with Gasteiger partial charge in [-0.25, -0.2) is 0 Å². The van der Waals surface area contributed by atoms with Crippen LogP contribution in [-0.4, -0.2) is 38.0 Å². The molecule has 0 aliphatic carbocycles. The van der Waals surface area contributed by atoms with E-state index in [1.807, 2.05) is 13.8 Å². The molecule has 0 fully saturated rings. The molecule has 3 rings (SSSR count). The van der Waals surface area contributed by atoms with Crippen molar-refractivity contribution in [1.82, 2.24) is 10.9 Å². The van der Waals surface area contributed by atoms with Gasteiger partial charge in [0.25, 0.3) is 17.7 Å². The molecule has 0 aromatic heterocycles. The number of carbonyl (C=O) groups is 3. The number of hydrogen-bond donors (Lipinski definition) is 3. The van der Waals surface area contributed by atoms with Gasteiger partial charge in [0.1, 0.15) is 5.75 Å². The highest BCUT2D eigenvalue weighted by Crippen LogP contribution is 2.28. The summed E-state index contributed by atoms with van der Waals surface area (Å²) >= 11 is 6.00. The molecule has 3 N–H and O–H groups in total. The second-order valence-electron chi connectivity index (χ2n) is 7.32. The normalized spacial score (nSPS) is 10.2. The van der Waals surface area contributed by atoms with E-state index in [-0.39, 0.29) is 16.7 Å². The van der Waals surface area contributed by atoms with Gasteiger partial charge in [0.15, 0.2) is 11.5 Å². The predicted molar refractivity (Wildman–Crippen MR) is 136 cm³/mol. The summed E-state index contributed by atoms with van der Waals surface area (Å²) in [5, 5.41) is 3.09. The molecular formula is C26H26ClN3O6. The van der Waals surface area contributed by atoms with Crippen LogP contribution in [0.1, 0.15) is 44.9 Å². The minimum atomic E-state index is -0.573. The van der Waals surface area contributed by atoms with Crippen LogP contribution in [0.3, 0.4) is 0 Å². The lowest BCUT2D eigenvalue weighted by molar-refractivity contribution is 0.0846. The quantitative estimate of drug-likeness (QED) is 0.365. The molecular weight excluding hydrogens is 486 g/mol. The number of benzene rings is 3. The maximum absolute atomic E-state index is 12.7. The molecule has 0 radical (unpaired) electrons. The summed E-state index contributed by atoms with van der Waals surface area (Å²) in [7, 11) is 1.45. The fourth-order valence-electron chi connectivity index (χ4n) is 3.24. The molecule has 0 bridgehead atoms. The number of ether oxygens (including phenoxy) is 3. The largest absolute Gasteiger partial charge is 0.496 e. The number of hydrogen-bond acceptors (Lipinski definition) is 6. The second-order valence-corrected chi connectivity index (χ2v) is 7.75. The average molecular weight is 512 g/mol. The van der Waals surface area contributed by atoms with Gasteiger partial charge in [0.2, 0.25) is 0 Å². The molecule has 3 amide bonds. The van der Waals surface area contributed by atoms with Crippen molar-refractivity contribution in [1.29, 1.82) is 0 Å². The predicted octanol–water partition coefficient (Wildman–Crippen LogP) is 4.47. The first-order chi connectivity index (χ1) is 17.4. The van der Waals surface area contributed by atoms with E-state index in [1.54, 1.807) is 42.5 Å². The van der Waals surface area contributed by atoms with Crippen LogP contribution in [-0.2, 0) is 0 Å². The Hall–Kier alpha value is -4.24. The SMILES string of the molecule is CCOc1ccc(C(=O)NNC(=O)c2cccc(NC(=O)c3cc(Cl)ccc3OC)c2)cc1OCC. The summed E-state index contributed by atoms with van der Waals surface area (Å²) in [5.74, 6) is -0.260. The molecule has 0 heterocycles. The van der Waals surface area contributed by atoms with Gasteiger partial charge in [0, 0.05) is 21.8 Å². The fourth-order valence-corrected chi connectivity index (χ4v) is 3.42. The minimum Gasteiger partial charge on any atom is -0.496 e. The zero-order valence-corrected chi connectivity index (χ0v) is 20.8. The smallest absolute Gasteiger partial charge is 0.269 e. The third-order valence-electron chi connectivity index (χ3n) is 4.88. The monoisotopic (exact) mass is 511 g/mol. The van der Waals surface area contributed by atoms with Crippen LogP contribution in [0.25, 0.3) is 0 Å². The Kier molecular flexibility index (Phi) is 9.13. The Morgan fingerprint density at radius 1 is 0.750 bits per heavy atom. The standard InChI is InChI=1S/C26H26ClN3O6/c1-4-35-22-11-9-17(14-23(22)36-5-2)25(32)30-29-24(31)16-7-6-8-19(13-16)28-26(33)20-15-18(27)10-12-21(20)34-3/h6-15H,4-5H2,1-3H3,(H,28,33)(H,29,31)(H,30,32). The van der Waals surface area contributed by atoms with Crippen molar-refractivity contribution in [3.63, 3.8) is 0 Å². The maximum atomic E-state index is 12.7. The molecule has 9 nitrogen and oxygen atoms in total. The fraction of sp³-hybridized carbons (Fsp3) is 0.192. The number of amides is 3. The van der Waals surface area contributed by atoms with Crippen LogP contribution in [0.5, 0.6) is 17.2 Å². The van der Waals surface area contributed by atoms with E-state index in [4.69, 9.17) is 25.8 Å². The van der Waals surface area contributed by atoms with Crippen molar-refractivity contribution in [2.75, 3.05) is 25.6 Å². The topological polar surface area (TPSA) is 115 Å². The number of anilines is 1. The zero-order chi connectivity index (χ0) is 26.1. The van der Waals surface area contributed by atoms with Gasteiger partial charge >= 0.3 is 0 Å². The molecule has 0 aliphatic heterocycles. The molecule has 10 heteroatoms. The number of hydrazine groups is 1. The van der Waals surface area contributed by atoms with Crippen LogP contribution < -0.4 is 30.4 Å². The van der Waals surface area contributed by atoms with Gasteiger partial charge in [-0.15, -0.1) is 0 Å².